The first kappa shape index (κ1) is 16.8. The number of anilines is 1. The number of nitrogens with zero attached hydrogens (tertiary/aromatic N) is 1. The summed E-state index contributed by atoms with van der Waals surface area (Å²) in [6.07, 6.45) is 5.15. The molecule has 0 bridgehead atoms. The van der Waals surface area contributed by atoms with Crippen molar-refractivity contribution < 1.29 is 14.0 Å². The molecule has 1 fully saturated rings. The molecule has 0 atom stereocenters. The van der Waals surface area contributed by atoms with Gasteiger partial charge in [0.25, 0.3) is 11.8 Å². The van der Waals surface area contributed by atoms with E-state index >= 15 is 0 Å². The van der Waals surface area contributed by atoms with Gasteiger partial charge in [-0.25, -0.2) is 4.39 Å². The van der Waals surface area contributed by atoms with Crippen LogP contribution in [0, 0.1) is 5.82 Å². The summed E-state index contributed by atoms with van der Waals surface area (Å²) >= 11 is 0. The second-order valence-electron chi connectivity index (χ2n) is 7.01. The van der Waals surface area contributed by atoms with E-state index in [0.717, 1.165) is 43.4 Å². The number of hydrogen-bond donors (Lipinski definition) is 1. The van der Waals surface area contributed by atoms with Crippen LogP contribution in [0.15, 0.2) is 42.5 Å². The Hall–Kier alpha value is -2.69. The summed E-state index contributed by atoms with van der Waals surface area (Å²) in [6.45, 7) is 0.569. The van der Waals surface area contributed by atoms with Crippen molar-refractivity contribution >= 4 is 17.5 Å². The third kappa shape index (κ3) is 3.21. The van der Waals surface area contributed by atoms with Crippen LogP contribution in [-0.2, 0) is 6.42 Å². The fourth-order valence-corrected chi connectivity index (χ4v) is 3.82. The highest BCUT2D eigenvalue weighted by atomic mass is 19.1. The maximum atomic E-state index is 13.1. The topological polar surface area (TPSA) is 49.4 Å². The maximum absolute atomic E-state index is 13.1. The van der Waals surface area contributed by atoms with Gasteiger partial charge in [0.2, 0.25) is 0 Å². The molecule has 1 aliphatic heterocycles. The average molecular weight is 352 g/mol. The summed E-state index contributed by atoms with van der Waals surface area (Å²) in [4.78, 5) is 27.0. The molecule has 1 heterocycles. The largest absolute Gasteiger partial charge is 0.349 e. The molecule has 4 rings (SSSR count). The molecule has 26 heavy (non-hydrogen) atoms. The van der Waals surface area contributed by atoms with Gasteiger partial charge in [0.15, 0.2) is 0 Å². The number of halogens is 1. The summed E-state index contributed by atoms with van der Waals surface area (Å²) in [6, 6.07) is 11.4. The molecular formula is C21H21FN2O2. The second-order valence-corrected chi connectivity index (χ2v) is 7.01. The molecule has 1 aliphatic carbocycles. The summed E-state index contributed by atoms with van der Waals surface area (Å²) in [5, 5.41) is 3.08. The number of nitrogens with one attached hydrogen (secondary N) is 1. The fourth-order valence-electron chi connectivity index (χ4n) is 3.82. The molecule has 5 heteroatoms. The van der Waals surface area contributed by atoms with Crippen LogP contribution in [0.3, 0.4) is 0 Å². The van der Waals surface area contributed by atoms with Crippen LogP contribution in [0.4, 0.5) is 10.1 Å². The molecule has 4 nitrogen and oxygen atoms in total. The minimum absolute atomic E-state index is 0.0826. The smallest absolute Gasteiger partial charge is 0.258 e. The highest BCUT2D eigenvalue weighted by Crippen LogP contribution is 2.30. The predicted molar refractivity (Wildman–Crippen MR) is 97.9 cm³/mol. The molecule has 2 aromatic carbocycles. The Labute approximate surface area is 152 Å². The molecular weight excluding hydrogens is 331 g/mol. The minimum atomic E-state index is -0.366. The van der Waals surface area contributed by atoms with Gasteiger partial charge in [-0.1, -0.05) is 18.9 Å². The van der Waals surface area contributed by atoms with E-state index in [1.807, 2.05) is 12.1 Å². The van der Waals surface area contributed by atoms with Gasteiger partial charge in [0.1, 0.15) is 5.82 Å². The molecule has 0 saturated heterocycles. The zero-order valence-corrected chi connectivity index (χ0v) is 14.5. The quantitative estimate of drug-likeness (QED) is 0.916. The highest BCUT2D eigenvalue weighted by Gasteiger charge is 2.27. The van der Waals surface area contributed by atoms with E-state index < -0.39 is 0 Å². The number of hydrogen-bond acceptors (Lipinski definition) is 2. The summed E-state index contributed by atoms with van der Waals surface area (Å²) in [5.74, 6) is -0.618. The zero-order chi connectivity index (χ0) is 18.1. The summed E-state index contributed by atoms with van der Waals surface area (Å²) < 4.78 is 13.1. The van der Waals surface area contributed by atoms with Crippen molar-refractivity contribution in [3.8, 4) is 0 Å². The summed E-state index contributed by atoms with van der Waals surface area (Å²) in [5.41, 5.74) is 2.85. The van der Waals surface area contributed by atoms with Crippen molar-refractivity contribution in [2.45, 2.75) is 38.1 Å². The van der Waals surface area contributed by atoms with E-state index in [1.54, 1.807) is 11.0 Å². The molecule has 0 radical (unpaired) electrons. The third-order valence-electron chi connectivity index (χ3n) is 5.27. The van der Waals surface area contributed by atoms with E-state index in [4.69, 9.17) is 0 Å². The highest BCUT2D eigenvalue weighted by molar-refractivity contribution is 6.08. The lowest BCUT2D eigenvalue weighted by Crippen LogP contribution is -2.33. The van der Waals surface area contributed by atoms with Gasteiger partial charge in [-0.3, -0.25) is 9.59 Å². The lowest BCUT2D eigenvalue weighted by molar-refractivity contribution is 0.0935. The molecule has 0 aromatic heterocycles. The van der Waals surface area contributed by atoms with E-state index in [-0.39, 0.29) is 23.7 Å². The molecule has 2 amide bonds. The number of fused-ring (bicyclic) bond motifs is 1. The Morgan fingerprint density at radius 3 is 2.42 bits per heavy atom. The number of amides is 2. The standard InChI is InChI=1S/C21H21FN2O2/c22-17-9-7-15(8-10-17)21(26)24-12-11-14-5-6-16(13-19(14)24)20(25)23-18-3-1-2-4-18/h5-10,13,18H,1-4,11-12H2,(H,23,25). The average Bonchev–Trinajstić information content (AvgIpc) is 3.30. The van der Waals surface area contributed by atoms with Crippen LogP contribution in [0.25, 0.3) is 0 Å². The number of benzene rings is 2. The SMILES string of the molecule is O=C(NC1CCCC1)c1ccc2c(c1)N(C(=O)c1ccc(F)cc1)CC2. The Morgan fingerprint density at radius 2 is 1.69 bits per heavy atom. The third-order valence-corrected chi connectivity index (χ3v) is 5.27. The maximum Gasteiger partial charge on any atom is 0.258 e. The van der Waals surface area contributed by atoms with E-state index in [1.165, 1.54) is 24.3 Å². The van der Waals surface area contributed by atoms with Gasteiger partial charge in [-0.05, 0) is 61.2 Å². The van der Waals surface area contributed by atoms with Crippen molar-refractivity contribution in [3.63, 3.8) is 0 Å². The van der Waals surface area contributed by atoms with Gasteiger partial charge >= 0.3 is 0 Å². The number of rotatable bonds is 3. The van der Waals surface area contributed by atoms with Crippen LogP contribution in [0.5, 0.6) is 0 Å². The zero-order valence-electron chi connectivity index (χ0n) is 14.5. The molecule has 0 spiro atoms. The normalized spacial score (nSPS) is 16.6. The van der Waals surface area contributed by atoms with Gasteiger partial charge in [-0.2, -0.15) is 0 Å². The number of carbonyl (C=O) groups excluding carboxylic acids is 2. The van der Waals surface area contributed by atoms with Crippen molar-refractivity contribution in [2.75, 3.05) is 11.4 Å². The first-order chi connectivity index (χ1) is 12.6. The molecule has 134 valence electrons. The van der Waals surface area contributed by atoms with Gasteiger partial charge in [-0.15, -0.1) is 0 Å². The lowest BCUT2D eigenvalue weighted by atomic mass is 10.1. The monoisotopic (exact) mass is 352 g/mol. The Morgan fingerprint density at radius 1 is 1.00 bits per heavy atom. The molecule has 1 N–H and O–H groups in total. The molecule has 2 aromatic rings. The van der Waals surface area contributed by atoms with Crippen LogP contribution in [0.2, 0.25) is 0 Å². The minimum Gasteiger partial charge on any atom is -0.349 e. The Bertz CT molecular complexity index is 842. The molecule has 0 unspecified atom stereocenters. The van der Waals surface area contributed by atoms with Crippen molar-refractivity contribution in [1.82, 2.24) is 5.32 Å². The lowest BCUT2D eigenvalue weighted by Gasteiger charge is -2.18. The van der Waals surface area contributed by atoms with Gasteiger partial charge < -0.3 is 10.2 Å². The number of carbonyl (C=O) groups is 2. The van der Waals surface area contributed by atoms with Crippen LogP contribution in [-0.4, -0.2) is 24.4 Å². The van der Waals surface area contributed by atoms with Gasteiger partial charge in [0, 0.05) is 29.4 Å². The first-order valence-corrected chi connectivity index (χ1v) is 9.13. The van der Waals surface area contributed by atoms with Crippen LogP contribution < -0.4 is 10.2 Å². The molecule has 1 saturated carbocycles. The van der Waals surface area contributed by atoms with Crippen molar-refractivity contribution in [3.05, 3.63) is 65.0 Å². The van der Waals surface area contributed by atoms with E-state index in [2.05, 4.69) is 5.32 Å². The predicted octanol–water partition coefficient (Wildman–Crippen LogP) is 3.70. The molecule has 2 aliphatic rings. The fraction of sp³-hybridized carbons (Fsp3) is 0.333. The van der Waals surface area contributed by atoms with E-state index in [0.29, 0.717) is 17.7 Å². The Kier molecular flexibility index (Phi) is 4.45. The van der Waals surface area contributed by atoms with Crippen molar-refractivity contribution in [1.29, 1.82) is 0 Å². The Balaban J connectivity index is 1.56. The van der Waals surface area contributed by atoms with Crippen LogP contribution >= 0.6 is 0 Å². The van der Waals surface area contributed by atoms with Gasteiger partial charge in [0.05, 0.1) is 0 Å². The first-order valence-electron chi connectivity index (χ1n) is 9.13. The second kappa shape index (κ2) is 6.90. The summed E-state index contributed by atoms with van der Waals surface area (Å²) in [7, 11) is 0. The van der Waals surface area contributed by atoms with Crippen molar-refractivity contribution in [2.24, 2.45) is 0 Å². The van der Waals surface area contributed by atoms with E-state index in [9.17, 15) is 14.0 Å². The van der Waals surface area contributed by atoms with Crippen LogP contribution in [0.1, 0.15) is 52.0 Å².